The summed E-state index contributed by atoms with van der Waals surface area (Å²) in [4.78, 5) is 0. The maximum atomic E-state index is 4.22. The number of benzene rings is 1. The van der Waals surface area contributed by atoms with E-state index >= 15 is 0 Å². The quantitative estimate of drug-likeness (QED) is 0.444. The summed E-state index contributed by atoms with van der Waals surface area (Å²) < 4.78 is 0. The molecule has 0 nitrogen and oxygen atoms in total. The normalized spacial score (nSPS) is 12.4. The van der Waals surface area contributed by atoms with Gasteiger partial charge in [-0.15, -0.1) is 0 Å². The topological polar surface area (TPSA) is 0 Å². The van der Waals surface area contributed by atoms with E-state index in [1.54, 1.807) is 0 Å². The maximum Gasteiger partial charge on any atom is -0.0194 e. The minimum absolute atomic E-state index is 0.610. The monoisotopic (exact) mass is 216 g/mol. The van der Waals surface area contributed by atoms with E-state index in [1.165, 1.54) is 36.8 Å². The van der Waals surface area contributed by atoms with E-state index in [2.05, 4.69) is 50.8 Å². The Morgan fingerprint density at radius 3 is 2.50 bits per heavy atom. The molecular formula is C16H24. The Bertz CT molecular complexity index is 297. The summed E-state index contributed by atoms with van der Waals surface area (Å²) in [5.41, 5.74) is 2.84. The molecule has 1 unspecified atom stereocenters. The van der Waals surface area contributed by atoms with E-state index in [4.69, 9.17) is 0 Å². The minimum atomic E-state index is 0.610. The van der Waals surface area contributed by atoms with E-state index in [9.17, 15) is 0 Å². The number of allylic oxidation sites excluding steroid dienone is 1. The Morgan fingerprint density at radius 2 is 1.88 bits per heavy atom. The summed E-state index contributed by atoms with van der Waals surface area (Å²) in [6.07, 6.45) is 6.25. The van der Waals surface area contributed by atoms with Gasteiger partial charge in [0.05, 0.1) is 0 Å². The van der Waals surface area contributed by atoms with Crippen LogP contribution in [-0.2, 0) is 6.42 Å². The predicted molar refractivity (Wildman–Crippen MR) is 72.6 cm³/mol. The zero-order valence-electron chi connectivity index (χ0n) is 10.7. The van der Waals surface area contributed by atoms with Gasteiger partial charge >= 0.3 is 0 Å². The molecule has 0 saturated heterocycles. The molecule has 0 aromatic heterocycles. The van der Waals surface area contributed by atoms with Gasteiger partial charge in [0.2, 0.25) is 0 Å². The van der Waals surface area contributed by atoms with Crippen molar-refractivity contribution in [1.29, 1.82) is 0 Å². The fraction of sp³-hybridized carbons (Fsp3) is 0.500. The van der Waals surface area contributed by atoms with Gasteiger partial charge in [-0.3, -0.25) is 0 Å². The van der Waals surface area contributed by atoms with Crippen LogP contribution in [0.3, 0.4) is 0 Å². The summed E-state index contributed by atoms with van der Waals surface area (Å²) in [5.74, 6) is 0.610. The smallest absolute Gasteiger partial charge is 0.0194 e. The van der Waals surface area contributed by atoms with Gasteiger partial charge in [-0.25, -0.2) is 0 Å². The largest absolute Gasteiger partial charge is 0.0996 e. The number of unbranched alkanes of at least 4 members (excludes halogenated alkanes) is 2. The van der Waals surface area contributed by atoms with E-state index in [0.29, 0.717) is 5.92 Å². The van der Waals surface area contributed by atoms with Crippen molar-refractivity contribution in [3.05, 3.63) is 48.0 Å². The number of hydrogen-bond donors (Lipinski definition) is 0. The van der Waals surface area contributed by atoms with Gasteiger partial charge < -0.3 is 0 Å². The second-order valence-electron chi connectivity index (χ2n) is 4.71. The summed E-state index contributed by atoms with van der Waals surface area (Å²) in [7, 11) is 0. The molecule has 0 fully saturated rings. The third-order valence-corrected chi connectivity index (χ3v) is 3.18. The Balaban J connectivity index is 2.34. The molecule has 88 valence electrons. The highest BCUT2D eigenvalue weighted by Gasteiger charge is 2.07. The summed E-state index contributed by atoms with van der Waals surface area (Å²) in [6.45, 7) is 8.76. The lowest BCUT2D eigenvalue weighted by molar-refractivity contribution is 0.611. The molecule has 1 aromatic rings. The van der Waals surface area contributed by atoms with Crippen molar-refractivity contribution < 1.29 is 0 Å². The second kappa shape index (κ2) is 7.27. The maximum absolute atomic E-state index is 4.22. The van der Waals surface area contributed by atoms with Crippen LogP contribution in [0.5, 0.6) is 0 Å². The van der Waals surface area contributed by atoms with Crippen molar-refractivity contribution in [3.63, 3.8) is 0 Å². The van der Waals surface area contributed by atoms with Crippen LogP contribution in [0.1, 0.15) is 45.1 Å². The molecule has 16 heavy (non-hydrogen) atoms. The highest BCUT2D eigenvalue weighted by molar-refractivity contribution is 5.17. The molecule has 0 amide bonds. The SMILES string of the molecule is C=C(CCCCC)C(C)Cc1ccccc1. The van der Waals surface area contributed by atoms with Crippen LogP contribution in [0.15, 0.2) is 42.5 Å². The predicted octanol–water partition coefficient (Wildman–Crippen LogP) is 5.00. The van der Waals surface area contributed by atoms with Gasteiger partial charge in [0.1, 0.15) is 0 Å². The molecule has 0 heteroatoms. The molecule has 0 radical (unpaired) electrons. The van der Waals surface area contributed by atoms with Crippen molar-refractivity contribution in [3.8, 4) is 0 Å². The van der Waals surface area contributed by atoms with Crippen LogP contribution in [-0.4, -0.2) is 0 Å². The Kier molecular flexibility index (Phi) is 5.92. The fourth-order valence-corrected chi connectivity index (χ4v) is 1.96. The number of hydrogen-bond acceptors (Lipinski definition) is 0. The molecule has 0 aliphatic heterocycles. The van der Waals surface area contributed by atoms with E-state index in [-0.39, 0.29) is 0 Å². The molecule has 0 N–H and O–H groups in total. The number of rotatable bonds is 7. The molecule has 1 aromatic carbocycles. The van der Waals surface area contributed by atoms with Gasteiger partial charge in [0.25, 0.3) is 0 Å². The summed E-state index contributed by atoms with van der Waals surface area (Å²) in [6, 6.07) is 10.7. The molecular weight excluding hydrogens is 192 g/mol. The van der Waals surface area contributed by atoms with Gasteiger partial charge in [-0.2, -0.15) is 0 Å². The van der Waals surface area contributed by atoms with Crippen LogP contribution in [0.4, 0.5) is 0 Å². The molecule has 0 bridgehead atoms. The third-order valence-electron chi connectivity index (χ3n) is 3.18. The summed E-state index contributed by atoms with van der Waals surface area (Å²) in [5, 5.41) is 0. The average Bonchev–Trinajstić information content (AvgIpc) is 2.30. The van der Waals surface area contributed by atoms with Gasteiger partial charge in [-0.05, 0) is 30.7 Å². The highest BCUT2D eigenvalue weighted by atomic mass is 14.1. The van der Waals surface area contributed by atoms with Crippen molar-refractivity contribution >= 4 is 0 Å². The van der Waals surface area contributed by atoms with Gasteiger partial charge in [-0.1, -0.05) is 69.2 Å². The van der Waals surface area contributed by atoms with Crippen LogP contribution >= 0.6 is 0 Å². The van der Waals surface area contributed by atoms with E-state index in [0.717, 1.165) is 6.42 Å². The van der Waals surface area contributed by atoms with Crippen molar-refractivity contribution in [2.24, 2.45) is 5.92 Å². The third kappa shape index (κ3) is 4.65. The minimum Gasteiger partial charge on any atom is -0.0996 e. The lowest BCUT2D eigenvalue weighted by atomic mass is 9.91. The summed E-state index contributed by atoms with van der Waals surface area (Å²) >= 11 is 0. The zero-order valence-corrected chi connectivity index (χ0v) is 10.7. The van der Waals surface area contributed by atoms with Crippen LogP contribution < -0.4 is 0 Å². The van der Waals surface area contributed by atoms with Gasteiger partial charge in [0, 0.05) is 0 Å². The Labute approximate surface area is 100 Å². The Morgan fingerprint density at radius 1 is 1.19 bits per heavy atom. The first kappa shape index (κ1) is 13.0. The standard InChI is InChI=1S/C16H24/c1-4-5-7-10-14(2)15(3)13-16-11-8-6-9-12-16/h6,8-9,11-12,15H,2,4-5,7,10,13H2,1,3H3. The average molecular weight is 216 g/mol. The van der Waals surface area contributed by atoms with Gasteiger partial charge in [0.15, 0.2) is 0 Å². The van der Waals surface area contributed by atoms with Crippen LogP contribution in [0.2, 0.25) is 0 Å². The van der Waals surface area contributed by atoms with Crippen LogP contribution in [0, 0.1) is 5.92 Å². The van der Waals surface area contributed by atoms with Crippen molar-refractivity contribution in [2.45, 2.75) is 46.0 Å². The zero-order chi connectivity index (χ0) is 11.8. The molecule has 1 rings (SSSR count). The lowest BCUT2D eigenvalue weighted by Gasteiger charge is -2.14. The van der Waals surface area contributed by atoms with Crippen molar-refractivity contribution in [2.75, 3.05) is 0 Å². The fourth-order valence-electron chi connectivity index (χ4n) is 1.96. The van der Waals surface area contributed by atoms with E-state index < -0.39 is 0 Å². The molecule has 1 atom stereocenters. The first-order chi connectivity index (χ1) is 7.74. The molecule has 0 saturated carbocycles. The molecule has 0 heterocycles. The molecule has 0 aliphatic rings. The second-order valence-corrected chi connectivity index (χ2v) is 4.71. The van der Waals surface area contributed by atoms with Crippen molar-refractivity contribution in [1.82, 2.24) is 0 Å². The lowest BCUT2D eigenvalue weighted by Crippen LogP contribution is -2.02. The molecule has 0 aliphatic carbocycles. The highest BCUT2D eigenvalue weighted by Crippen LogP contribution is 2.20. The first-order valence-corrected chi connectivity index (χ1v) is 6.45. The first-order valence-electron chi connectivity index (χ1n) is 6.45. The molecule has 0 spiro atoms. The van der Waals surface area contributed by atoms with E-state index in [1.807, 2.05) is 0 Å². The Hall–Kier alpha value is -1.04. The van der Waals surface area contributed by atoms with Crippen LogP contribution in [0.25, 0.3) is 0 Å².